The van der Waals surface area contributed by atoms with E-state index in [0.717, 1.165) is 16.3 Å². The Labute approximate surface area is 172 Å². The number of carboxylic acids is 1. The fourth-order valence-corrected chi connectivity index (χ4v) is 3.02. The Morgan fingerprint density at radius 3 is 2.48 bits per heavy atom. The van der Waals surface area contributed by atoms with Crippen LogP contribution < -0.4 is 0 Å². The van der Waals surface area contributed by atoms with Crippen molar-refractivity contribution in [3.8, 4) is 16.9 Å². The number of rotatable bonds is 2. The van der Waals surface area contributed by atoms with Gasteiger partial charge in [-0.25, -0.2) is 4.79 Å². The maximum atomic E-state index is 11.4. The van der Waals surface area contributed by atoms with E-state index >= 15 is 0 Å². The van der Waals surface area contributed by atoms with Gasteiger partial charge in [-0.05, 0) is 41.0 Å². The molecule has 0 spiro atoms. The molecule has 0 bridgehead atoms. The molecule has 2 N–H and O–H groups in total. The van der Waals surface area contributed by atoms with E-state index in [-0.39, 0.29) is 51.9 Å². The number of phenols is 1. The van der Waals surface area contributed by atoms with E-state index in [1.807, 2.05) is 49.4 Å². The Balaban J connectivity index is 0.00000192. The molecule has 5 heteroatoms. The van der Waals surface area contributed by atoms with Gasteiger partial charge in [-0.15, -0.1) is 12.6 Å². The summed E-state index contributed by atoms with van der Waals surface area (Å²) in [6, 6.07) is 14.5. The zero-order valence-corrected chi connectivity index (χ0v) is 15.7. The summed E-state index contributed by atoms with van der Waals surface area (Å²) >= 11 is 4.48. The van der Waals surface area contributed by atoms with Gasteiger partial charge in [0.1, 0.15) is 11.3 Å². The Hall–Kier alpha value is -1.20. The van der Waals surface area contributed by atoms with Crippen molar-refractivity contribution in [1.82, 2.24) is 0 Å². The fourth-order valence-electron chi connectivity index (χ4n) is 2.63. The minimum atomic E-state index is -1.16. The summed E-state index contributed by atoms with van der Waals surface area (Å²) < 4.78 is 0. The largest absolute Gasteiger partial charge is 2.00 e. The average Bonchev–Trinajstić information content (AvgIpc) is 2.47. The molecule has 0 aliphatic rings. The van der Waals surface area contributed by atoms with Crippen LogP contribution in [-0.4, -0.2) is 53.9 Å². The fraction of sp³-hybridized carbons (Fsp3) is 0.0556. The zero-order valence-electron chi connectivity index (χ0n) is 14.6. The molecule has 0 aliphatic heterocycles. The first-order chi connectivity index (χ1) is 10.5. The Morgan fingerprint density at radius 1 is 1.13 bits per heavy atom. The predicted molar refractivity (Wildman–Crippen MR) is 98.0 cm³/mol. The molecule has 0 aliphatic carbocycles. The first-order valence-corrected chi connectivity index (χ1v) is 7.21. The van der Waals surface area contributed by atoms with Crippen LogP contribution in [0.15, 0.2) is 53.4 Å². The molecular weight excluding hydrogens is 336 g/mol. The molecule has 23 heavy (non-hydrogen) atoms. The summed E-state index contributed by atoms with van der Waals surface area (Å²) in [6.45, 7) is 1.95. The van der Waals surface area contributed by atoms with E-state index in [1.54, 1.807) is 0 Å². The van der Waals surface area contributed by atoms with Crippen LogP contribution in [0.4, 0.5) is 0 Å². The number of carbonyl (C=O) groups is 1. The second kappa shape index (κ2) is 7.14. The third-order valence-electron chi connectivity index (χ3n) is 3.67. The molecule has 0 unspecified atom stereocenters. The van der Waals surface area contributed by atoms with Gasteiger partial charge in [0.05, 0.1) is 0 Å². The van der Waals surface area contributed by atoms with Crippen molar-refractivity contribution in [3.05, 3.63) is 59.7 Å². The van der Waals surface area contributed by atoms with Crippen molar-refractivity contribution in [2.75, 3.05) is 0 Å². The standard InChI is InChI=1S/C18H14O3S.Ca.2H/c1-10-6-7-13(15(22)8-10)16-12-5-3-2-4-11(12)9-14(17(16)19)18(20)21;;;/h2-9,19,22H,1H3,(H,20,21);;;/q;+2;2*-1. The summed E-state index contributed by atoms with van der Waals surface area (Å²) in [5, 5.41) is 21.4. The number of aromatic carboxylic acids is 1. The Kier molecular flexibility index (Phi) is 5.63. The minimum Gasteiger partial charge on any atom is -1.00 e. The molecule has 114 valence electrons. The van der Waals surface area contributed by atoms with Crippen molar-refractivity contribution < 1.29 is 17.9 Å². The molecule has 0 saturated carbocycles. The smallest absolute Gasteiger partial charge is 1.00 e. The van der Waals surface area contributed by atoms with Crippen molar-refractivity contribution in [3.63, 3.8) is 0 Å². The number of thiol groups is 1. The SMILES string of the molecule is Cc1ccc(-c2c(O)c(C(=O)O)cc3ccccc23)c(S)c1.[Ca+2].[H-].[H-]. The molecule has 3 rings (SSSR count). The zero-order chi connectivity index (χ0) is 15.9. The molecular formula is C18H16CaO3S. The van der Waals surface area contributed by atoms with Gasteiger partial charge in [-0.3, -0.25) is 0 Å². The maximum absolute atomic E-state index is 11.4. The van der Waals surface area contributed by atoms with Crippen LogP contribution in [0.1, 0.15) is 18.8 Å². The first-order valence-electron chi connectivity index (χ1n) is 6.77. The number of hydrogen-bond acceptors (Lipinski definition) is 3. The average molecular weight is 352 g/mol. The van der Waals surface area contributed by atoms with Crippen molar-refractivity contribution in [1.29, 1.82) is 0 Å². The van der Waals surface area contributed by atoms with Crippen LogP contribution in [0, 0.1) is 6.92 Å². The monoisotopic (exact) mass is 352 g/mol. The van der Waals surface area contributed by atoms with Crippen molar-refractivity contribution in [2.24, 2.45) is 0 Å². The maximum Gasteiger partial charge on any atom is 2.00 e. The molecule has 0 heterocycles. The molecule has 0 atom stereocenters. The second-order valence-corrected chi connectivity index (χ2v) is 5.68. The number of aryl methyl sites for hydroxylation is 1. The van der Waals surface area contributed by atoms with Crippen LogP contribution >= 0.6 is 12.6 Å². The van der Waals surface area contributed by atoms with Gasteiger partial charge in [-0.1, -0.05) is 36.4 Å². The van der Waals surface area contributed by atoms with E-state index < -0.39 is 5.97 Å². The summed E-state index contributed by atoms with van der Waals surface area (Å²) in [5.74, 6) is -1.39. The van der Waals surface area contributed by atoms with Gasteiger partial charge >= 0.3 is 43.7 Å². The van der Waals surface area contributed by atoms with Gasteiger partial charge in [-0.2, -0.15) is 0 Å². The molecule has 0 aromatic heterocycles. The third kappa shape index (κ3) is 3.36. The molecule has 3 aromatic rings. The van der Waals surface area contributed by atoms with E-state index in [2.05, 4.69) is 12.6 Å². The number of aromatic hydroxyl groups is 1. The third-order valence-corrected chi connectivity index (χ3v) is 4.04. The minimum absolute atomic E-state index is 0. The molecule has 3 aromatic carbocycles. The van der Waals surface area contributed by atoms with Crippen LogP contribution in [-0.2, 0) is 0 Å². The summed E-state index contributed by atoms with van der Waals surface area (Å²) in [5.41, 5.74) is 2.15. The molecule has 0 fully saturated rings. The number of benzene rings is 3. The molecule has 3 nitrogen and oxygen atoms in total. The van der Waals surface area contributed by atoms with Gasteiger partial charge in [0, 0.05) is 10.5 Å². The van der Waals surface area contributed by atoms with E-state index in [9.17, 15) is 15.0 Å². The number of fused-ring (bicyclic) bond motifs is 1. The molecule has 0 saturated heterocycles. The number of hydrogen-bond donors (Lipinski definition) is 3. The van der Waals surface area contributed by atoms with Gasteiger partial charge in [0.25, 0.3) is 0 Å². The van der Waals surface area contributed by atoms with E-state index in [4.69, 9.17) is 0 Å². The first kappa shape index (κ1) is 18.1. The van der Waals surface area contributed by atoms with Gasteiger partial charge in [0.15, 0.2) is 0 Å². The summed E-state index contributed by atoms with van der Waals surface area (Å²) in [4.78, 5) is 12.1. The van der Waals surface area contributed by atoms with Crippen LogP contribution in [0.25, 0.3) is 21.9 Å². The normalized spacial score (nSPS) is 10.3. The van der Waals surface area contributed by atoms with Crippen molar-refractivity contribution >= 4 is 67.1 Å². The van der Waals surface area contributed by atoms with Crippen LogP contribution in [0.3, 0.4) is 0 Å². The van der Waals surface area contributed by atoms with Crippen molar-refractivity contribution in [2.45, 2.75) is 11.8 Å². The van der Waals surface area contributed by atoms with E-state index in [1.165, 1.54) is 6.07 Å². The van der Waals surface area contributed by atoms with Crippen LogP contribution in [0.2, 0.25) is 0 Å². The summed E-state index contributed by atoms with van der Waals surface area (Å²) in [7, 11) is 0. The van der Waals surface area contributed by atoms with Crippen LogP contribution in [0.5, 0.6) is 5.75 Å². The van der Waals surface area contributed by atoms with Gasteiger partial charge in [0.2, 0.25) is 0 Å². The molecule has 0 amide bonds. The van der Waals surface area contributed by atoms with Gasteiger partial charge < -0.3 is 13.1 Å². The Bertz CT molecular complexity index is 916. The Morgan fingerprint density at radius 2 is 1.83 bits per heavy atom. The quantitative estimate of drug-likeness (QED) is 0.475. The topological polar surface area (TPSA) is 57.5 Å². The predicted octanol–water partition coefficient (Wildman–Crippen LogP) is 4.35. The number of carboxylic acid groups (broad SMARTS) is 1. The summed E-state index contributed by atoms with van der Waals surface area (Å²) in [6.07, 6.45) is 0. The molecule has 0 radical (unpaired) electrons. The second-order valence-electron chi connectivity index (χ2n) is 5.19. The van der Waals surface area contributed by atoms with E-state index in [0.29, 0.717) is 16.0 Å².